The highest BCUT2D eigenvalue weighted by atomic mass is 19.1. The van der Waals surface area contributed by atoms with Crippen LogP contribution in [0.15, 0.2) is 0 Å². The number of likely N-dealkylation sites (tertiary alicyclic amines) is 2. The van der Waals surface area contributed by atoms with Crippen LogP contribution in [0.3, 0.4) is 0 Å². The van der Waals surface area contributed by atoms with Crippen LogP contribution in [0.2, 0.25) is 0 Å². The van der Waals surface area contributed by atoms with Crippen LogP contribution >= 0.6 is 0 Å². The molecule has 3 heterocycles. The zero-order valence-electron chi connectivity index (χ0n) is 13.3. The van der Waals surface area contributed by atoms with Gasteiger partial charge in [-0.05, 0) is 58.0 Å². The van der Waals surface area contributed by atoms with Crippen LogP contribution in [0.4, 0.5) is 4.39 Å². The molecule has 3 saturated heterocycles. The second-order valence-electron chi connectivity index (χ2n) is 7.69. The number of rotatable bonds is 2. The van der Waals surface area contributed by atoms with Gasteiger partial charge < -0.3 is 9.64 Å². The molecule has 3 aliphatic heterocycles. The van der Waals surface area contributed by atoms with Crippen molar-refractivity contribution in [1.29, 1.82) is 0 Å². The summed E-state index contributed by atoms with van der Waals surface area (Å²) in [6.45, 7) is 4.89. The van der Waals surface area contributed by atoms with Crippen molar-refractivity contribution in [2.75, 3.05) is 32.8 Å². The molecule has 0 unspecified atom stereocenters. The van der Waals surface area contributed by atoms with Crippen LogP contribution < -0.4 is 0 Å². The van der Waals surface area contributed by atoms with Gasteiger partial charge >= 0.3 is 0 Å². The zero-order valence-corrected chi connectivity index (χ0v) is 13.3. The third-order valence-corrected chi connectivity index (χ3v) is 6.26. The standard InChI is InChI=1S/C17H27FN2O2/c18-14-9-13(10-14)16(21)20-7-3-17(4-8-20)11-15(12-22-17)19-5-1-2-6-19/h13-15H,1-12H2/t13?,14?,15-/m0/s1. The lowest BCUT2D eigenvalue weighted by Crippen LogP contribution is -2.50. The smallest absolute Gasteiger partial charge is 0.225 e. The fourth-order valence-electron chi connectivity index (χ4n) is 4.65. The molecule has 4 fully saturated rings. The van der Waals surface area contributed by atoms with Gasteiger partial charge in [-0.3, -0.25) is 9.69 Å². The zero-order chi connectivity index (χ0) is 15.2. The minimum Gasteiger partial charge on any atom is -0.373 e. The number of amides is 1. The molecular weight excluding hydrogens is 283 g/mol. The molecule has 4 aliphatic rings. The average molecular weight is 310 g/mol. The monoisotopic (exact) mass is 310 g/mol. The number of ether oxygens (including phenoxy) is 1. The van der Waals surface area contributed by atoms with Crippen molar-refractivity contribution in [2.24, 2.45) is 5.92 Å². The Morgan fingerprint density at radius 2 is 1.77 bits per heavy atom. The second-order valence-corrected chi connectivity index (χ2v) is 7.69. The number of hydrogen-bond donors (Lipinski definition) is 0. The molecule has 1 aliphatic carbocycles. The molecular formula is C17H27FN2O2. The van der Waals surface area contributed by atoms with Crippen LogP contribution in [-0.2, 0) is 9.53 Å². The summed E-state index contributed by atoms with van der Waals surface area (Å²) in [7, 11) is 0. The molecule has 0 N–H and O–H groups in total. The van der Waals surface area contributed by atoms with E-state index in [-0.39, 0.29) is 17.4 Å². The SMILES string of the molecule is O=C(C1CC(F)C1)N1CCC2(CC1)C[C@H](N1CCCC1)CO2. The van der Waals surface area contributed by atoms with E-state index in [9.17, 15) is 9.18 Å². The van der Waals surface area contributed by atoms with Gasteiger partial charge in [-0.15, -0.1) is 0 Å². The molecule has 1 amide bonds. The van der Waals surface area contributed by atoms with Gasteiger partial charge in [0.25, 0.3) is 0 Å². The number of halogens is 1. The van der Waals surface area contributed by atoms with Crippen LogP contribution in [0.1, 0.15) is 44.9 Å². The van der Waals surface area contributed by atoms with Crippen molar-refractivity contribution >= 4 is 5.91 Å². The molecule has 1 atom stereocenters. The summed E-state index contributed by atoms with van der Waals surface area (Å²) in [5.74, 6) is 0.128. The van der Waals surface area contributed by atoms with Crippen LogP contribution in [0, 0.1) is 5.92 Å². The first-order valence-electron chi connectivity index (χ1n) is 8.96. The van der Waals surface area contributed by atoms with Gasteiger partial charge in [0.05, 0.1) is 12.2 Å². The van der Waals surface area contributed by atoms with Crippen LogP contribution in [0.25, 0.3) is 0 Å². The molecule has 1 spiro atoms. The van der Waals surface area contributed by atoms with Gasteiger partial charge in [0.1, 0.15) is 6.17 Å². The minimum atomic E-state index is -0.746. The van der Waals surface area contributed by atoms with Gasteiger partial charge in [-0.1, -0.05) is 0 Å². The molecule has 124 valence electrons. The van der Waals surface area contributed by atoms with Crippen molar-refractivity contribution in [3.63, 3.8) is 0 Å². The predicted molar refractivity (Wildman–Crippen MR) is 81.3 cm³/mol. The minimum absolute atomic E-state index is 0.00623. The molecule has 0 aromatic rings. The molecule has 4 rings (SSSR count). The Kier molecular flexibility index (Phi) is 3.89. The van der Waals surface area contributed by atoms with E-state index in [1.54, 1.807) is 0 Å². The van der Waals surface area contributed by atoms with E-state index in [1.165, 1.54) is 25.9 Å². The molecule has 0 aromatic carbocycles. The lowest BCUT2D eigenvalue weighted by atomic mass is 9.81. The van der Waals surface area contributed by atoms with E-state index in [0.717, 1.165) is 39.0 Å². The van der Waals surface area contributed by atoms with Crippen LogP contribution in [0.5, 0.6) is 0 Å². The fourth-order valence-corrected chi connectivity index (χ4v) is 4.65. The number of carbonyl (C=O) groups is 1. The Balaban J connectivity index is 1.29. The maximum absolute atomic E-state index is 12.9. The summed E-state index contributed by atoms with van der Waals surface area (Å²) in [6.07, 6.45) is 5.81. The van der Waals surface area contributed by atoms with E-state index in [0.29, 0.717) is 18.9 Å². The lowest BCUT2D eigenvalue weighted by molar-refractivity contribution is -0.145. The van der Waals surface area contributed by atoms with Crippen molar-refractivity contribution in [3.8, 4) is 0 Å². The highest BCUT2D eigenvalue weighted by molar-refractivity contribution is 5.80. The first-order valence-corrected chi connectivity index (χ1v) is 8.96. The second kappa shape index (κ2) is 5.75. The van der Waals surface area contributed by atoms with Crippen molar-refractivity contribution in [3.05, 3.63) is 0 Å². The van der Waals surface area contributed by atoms with E-state index < -0.39 is 6.17 Å². The van der Waals surface area contributed by atoms with E-state index in [2.05, 4.69) is 4.90 Å². The summed E-state index contributed by atoms with van der Waals surface area (Å²) in [5, 5.41) is 0. The lowest BCUT2D eigenvalue weighted by Gasteiger charge is -2.41. The molecule has 4 nitrogen and oxygen atoms in total. The quantitative estimate of drug-likeness (QED) is 0.782. The van der Waals surface area contributed by atoms with Gasteiger partial charge in [-0.25, -0.2) is 4.39 Å². The molecule has 5 heteroatoms. The summed E-state index contributed by atoms with van der Waals surface area (Å²) in [6, 6.07) is 0.587. The number of carbonyl (C=O) groups excluding carboxylic acids is 1. The largest absolute Gasteiger partial charge is 0.373 e. The fraction of sp³-hybridized carbons (Fsp3) is 0.941. The molecule has 0 radical (unpaired) electrons. The number of piperidine rings is 1. The third kappa shape index (κ3) is 2.67. The van der Waals surface area contributed by atoms with E-state index in [4.69, 9.17) is 4.74 Å². The highest BCUT2D eigenvalue weighted by Crippen LogP contribution is 2.39. The maximum atomic E-state index is 12.9. The Morgan fingerprint density at radius 1 is 1.09 bits per heavy atom. The molecule has 22 heavy (non-hydrogen) atoms. The Morgan fingerprint density at radius 3 is 2.41 bits per heavy atom. The molecule has 0 aromatic heterocycles. The van der Waals surface area contributed by atoms with Gasteiger partial charge in [-0.2, -0.15) is 0 Å². The first-order chi connectivity index (χ1) is 10.7. The van der Waals surface area contributed by atoms with Gasteiger partial charge in [0, 0.05) is 25.0 Å². The molecule has 0 bridgehead atoms. The van der Waals surface area contributed by atoms with Gasteiger partial charge in [0.2, 0.25) is 5.91 Å². The topological polar surface area (TPSA) is 32.8 Å². The third-order valence-electron chi connectivity index (χ3n) is 6.26. The normalized spacial score (nSPS) is 38.4. The summed E-state index contributed by atoms with van der Waals surface area (Å²) in [4.78, 5) is 16.9. The first kappa shape index (κ1) is 14.9. The van der Waals surface area contributed by atoms with E-state index >= 15 is 0 Å². The predicted octanol–water partition coefficient (Wildman–Crippen LogP) is 1.98. The number of alkyl halides is 1. The summed E-state index contributed by atoms with van der Waals surface area (Å²) in [5.41, 5.74) is 0.00623. The van der Waals surface area contributed by atoms with Crippen molar-refractivity contribution < 1.29 is 13.9 Å². The Labute approximate surface area is 132 Å². The Bertz CT molecular complexity index is 424. The average Bonchev–Trinajstić information content (AvgIpc) is 3.14. The summed E-state index contributed by atoms with van der Waals surface area (Å²) < 4.78 is 19.1. The van der Waals surface area contributed by atoms with E-state index in [1.807, 2.05) is 4.90 Å². The van der Waals surface area contributed by atoms with Crippen LogP contribution in [-0.4, -0.2) is 66.3 Å². The number of nitrogens with zero attached hydrogens (tertiary/aromatic N) is 2. The van der Waals surface area contributed by atoms with Gasteiger partial charge in [0.15, 0.2) is 0 Å². The Hall–Kier alpha value is -0.680. The van der Waals surface area contributed by atoms with Crippen molar-refractivity contribution in [2.45, 2.75) is 62.8 Å². The molecule has 1 saturated carbocycles. The highest BCUT2D eigenvalue weighted by Gasteiger charge is 2.46. The number of hydrogen-bond acceptors (Lipinski definition) is 3. The summed E-state index contributed by atoms with van der Waals surface area (Å²) >= 11 is 0. The maximum Gasteiger partial charge on any atom is 0.225 e. The van der Waals surface area contributed by atoms with Crippen molar-refractivity contribution in [1.82, 2.24) is 9.80 Å².